The summed E-state index contributed by atoms with van der Waals surface area (Å²) in [7, 11) is -1.34. The number of unbranched alkanes of at least 4 members (excludes halogenated alkanes) is 1. The van der Waals surface area contributed by atoms with Crippen LogP contribution >= 0.6 is 0 Å². The molecule has 2 atom stereocenters. The minimum atomic E-state index is -3.00. The Morgan fingerprint density at radius 2 is 2.14 bits per heavy atom. The van der Waals surface area contributed by atoms with E-state index in [0.717, 1.165) is 12.8 Å². The zero-order valence-electron chi connectivity index (χ0n) is 12.7. The van der Waals surface area contributed by atoms with Gasteiger partial charge in [0.15, 0.2) is 9.84 Å². The second-order valence-electron chi connectivity index (χ2n) is 6.10. The van der Waals surface area contributed by atoms with Crippen LogP contribution in [0.1, 0.15) is 32.6 Å². The van der Waals surface area contributed by atoms with Crippen molar-refractivity contribution in [1.82, 2.24) is 9.80 Å². The average Bonchev–Trinajstić information content (AvgIpc) is 2.97. The lowest BCUT2D eigenvalue weighted by atomic mass is 10.1. The fraction of sp³-hybridized carbons (Fsp3) is 0.857. The molecule has 0 spiro atoms. The molecule has 2 rings (SSSR count). The fourth-order valence-electron chi connectivity index (χ4n) is 3.05. The molecule has 0 bridgehead atoms. The summed E-state index contributed by atoms with van der Waals surface area (Å²) >= 11 is 0. The van der Waals surface area contributed by atoms with Crippen molar-refractivity contribution in [1.29, 1.82) is 0 Å². The van der Waals surface area contributed by atoms with E-state index in [1.54, 1.807) is 16.8 Å². The Kier molecular flexibility index (Phi) is 4.91. The molecule has 0 N–H and O–H groups in total. The number of carbonyl (C=O) groups excluding carboxylic acids is 2. The lowest BCUT2D eigenvalue weighted by Gasteiger charge is -2.26. The average molecular weight is 316 g/mol. The van der Waals surface area contributed by atoms with Gasteiger partial charge in [0, 0.05) is 32.6 Å². The predicted octanol–water partition coefficient (Wildman–Crippen LogP) is 0.281. The van der Waals surface area contributed by atoms with Crippen molar-refractivity contribution in [3.63, 3.8) is 0 Å². The normalized spacial score (nSPS) is 28.1. The highest BCUT2D eigenvalue weighted by Crippen LogP contribution is 2.24. The summed E-state index contributed by atoms with van der Waals surface area (Å²) in [5.74, 6) is -0.168. The molecule has 21 heavy (non-hydrogen) atoms. The SMILES string of the molecule is CCCCN1CC(C(=O)N(C)C2CCS(=O)(=O)C2)CC1=O. The van der Waals surface area contributed by atoms with Crippen LogP contribution in [0.25, 0.3) is 0 Å². The molecule has 0 aromatic carbocycles. The number of hydrogen-bond acceptors (Lipinski definition) is 4. The summed E-state index contributed by atoms with van der Waals surface area (Å²) in [6, 6.07) is -0.234. The second-order valence-corrected chi connectivity index (χ2v) is 8.33. The Balaban J connectivity index is 1.93. The highest BCUT2D eigenvalue weighted by Gasteiger charge is 2.39. The van der Waals surface area contributed by atoms with Gasteiger partial charge in [0.05, 0.1) is 17.4 Å². The Bertz CT molecular complexity index is 517. The number of amides is 2. The Morgan fingerprint density at radius 3 is 2.71 bits per heavy atom. The lowest BCUT2D eigenvalue weighted by molar-refractivity contribution is -0.136. The molecule has 0 aliphatic carbocycles. The van der Waals surface area contributed by atoms with Crippen molar-refractivity contribution in [2.24, 2.45) is 5.92 Å². The third-order valence-corrected chi connectivity index (χ3v) is 6.20. The third kappa shape index (κ3) is 3.75. The molecule has 2 fully saturated rings. The molecule has 0 aromatic rings. The van der Waals surface area contributed by atoms with Crippen LogP contribution in [0.15, 0.2) is 0 Å². The van der Waals surface area contributed by atoms with Gasteiger partial charge in [-0.25, -0.2) is 8.42 Å². The summed E-state index contributed by atoms with van der Waals surface area (Å²) in [4.78, 5) is 27.7. The molecular weight excluding hydrogens is 292 g/mol. The van der Waals surface area contributed by atoms with Gasteiger partial charge < -0.3 is 9.80 Å². The van der Waals surface area contributed by atoms with E-state index in [2.05, 4.69) is 6.92 Å². The molecule has 2 aliphatic heterocycles. The van der Waals surface area contributed by atoms with Crippen LogP contribution in [-0.4, -0.2) is 67.7 Å². The van der Waals surface area contributed by atoms with Crippen LogP contribution in [0.2, 0.25) is 0 Å². The van der Waals surface area contributed by atoms with Gasteiger partial charge in [-0.05, 0) is 12.8 Å². The molecule has 2 heterocycles. The standard InChI is InChI=1S/C14H24N2O4S/c1-3-4-6-16-9-11(8-13(16)17)14(18)15(2)12-5-7-21(19,20)10-12/h11-12H,3-10H2,1-2H3. The highest BCUT2D eigenvalue weighted by molar-refractivity contribution is 7.91. The van der Waals surface area contributed by atoms with E-state index in [1.807, 2.05) is 0 Å². The lowest BCUT2D eigenvalue weighted by Crippen LogP contribution is -2.42. The zero-order valence-corrected chi connectivity index (χ0v) is 13.6. The van der Waals surface area contributed by atoms with Gasteiger partial charge >= 0.3 is 0 Å². The van der Waals surface area contributed by atoms with E-state index in [0.29, 0.717) is 19.5 Å². The van der Waals surface area contributed by atoms with E-state index in [-0.39, 0.29) is 41.7 Å². The summed E-state index contributed by atoms with van der Waals surface area (Å²) in [6.45, 7) is 3.25. The van der Waals surface area contributed by atoms with Gasteiger partial charge in [0.25, 0.3) is 0 Å². The molecule has 120 valence electrons. The van der Waals surface area contributed by atoms with Crippen molar-refractivity contribution in [2.75, 3.05) is 31.6 Å². The Morgan fingerprint density at radius 1 is 1.43 bits per heavy atom. The number of sulfone groups is 1. The zero-order chi connectivity index (χ0) is 15.6. The van der Waals surface area contributed by atoms with E-state index in [9.17, 15) is 18.0 Å². The van der Waals surface area contributed by atoms with Gasteiger partial charge in [-0.1, -0.05) is 13.3 Å². The molecular formula is C14H24N2O4S. The van der Waals surface area contributed by atoms with Crippen LogP contribution in [0.5, 0.6) is 0 Å². The number of hydrogen-bond donors (Lipinski definition) is 0. The molecule has 2 saturated heterocycles. The van der Waals surface area contributed by atoms with Gasteiger partial charge in [-0.3, -0.25) is 9.59 Å². The summed E-state index contributed by atoms with van der Waals surface area (Å²) in [6.07, 6.45) is 2.72. The Labute approximate surface area is 126 Å². The van der Waals surface area contributed by atoms with Crippen molar-refractivity contribution >= 4 is 21.7 Å². The van der Waals surface area contributed by atoms with E-state index in [4.69, 9.17) is 0 Å². The summed E-state index contributed by atoms with van der Waals surface area (Å²) in [5, 5.41) is 0. The second kappa shape index (κ2) is 6.34. The maximum atomic E-state index is 12.5. The molecule has 6 nitrogen and oxygen atoms in total. The van der Waals surface area contributed by atoms with Crippen LogP contribution < -0.4 is 0 Å². The first-order valence-corrected chi connectivity index (χ1v) is 9.41. The summed E-state index contributed by atoms with van der Waals surface area (Å²) in [5.41, 5.74) is 0. The van der Waals surface area contributed by atoms with Crippen LogP contribution in [0.4, 0.5) is 0 Å². The first-order chi connectivity index (χ1) is 9.84. The van der Waals surface area contributed by atoms with Crippen molar-refractivity contribution in [2.45, 2.75) is 38.6 Å². The van der Waals surface area contributed by atoms with E-state index < -0.39 is 9.84 Å². The van der Waals surface area contributed by atoms with Gasteiger partial charge in [-0.2, -0.15) is 0 Å². The largest absolute Gasteiger partial charge is 0.342 e. The summed E-state index contributed by atoms with van der Waals surface area (Å²) < 4.78 is 23.0. The maximum Gasteiger partial charge on any atom is 0.228 e. The topological polar surface area (TPSA) is 74.8 Å². The molecule has 2 unspecified atom stereocenters. The van der Waals surface area contributed by atoms with Crippen LogP contribution in [0, 0.1) is 5.92 Å². The minimum Gasteiger partial charge on any atom is -0.342 e. The smallest absolute Gasteiger partial charge is 0.228 e. The predicted molar refractivity (Wildman–Crippen MR) is 79.4 cm³/mol. The molecule has 0 saturated carbocycles. The molecule has 0 radical (unpaired) electrons. The first-order valence-electron chi connectivity index (χ1n) is 7.59. The monoisotopic (exact) mass is 316 g/mol. The Hall–Kier alpha value is -1.11. The quantitative estimate of drug-likeness (QED) is 0.730. The minimum absolute atomic E-state index is 0.0363. The number of carbonyl (C=O) groups is 2. The van der Waals surface area contributed by atoms with Crippen molar-refractivity contribution in [3.8, 4) is 0 Å². The third-order valence-electron chi connectivity index (χ3n) is 4.45. The van der Waals surface area contributed by atoms with E-state index in [1.165, 1.54) is 0 Å². The highest BCUT2D eigenvalue weighted by atomic mass is 32.2. The van der Waals surface area contributed by atoms with Gasteiger partial charge in [-0.15, -0.1) is 0 Å². The van der Waals surface area contributed by atoms with Gasteiger partial charge in [0.1, 0.15) is 0 Å². The van der Waals surface area contributed by atoms with Crippen LogP contribution in [-0.2, 0) is 19.4 Å². The fourth-order valence-corrected chi connectivity index (χ4v) is 4.83. The molecule has 0 aromatic heterocycles. The van der Waals surface area contributed by atoms with Crippen molar-refractivity contribution < 1.29 is 18.0 Å². The van der Waals surface area contributed by atoms with E-state index >= 15 is 0 Å². The molecule has 7 heteroatoms. The van der Waals surface area contributed by atoms with Crippen LogP contribution in [0.3, 0.4) is 0 Å². The number of likely N-dealkylation sites (tertiary alicyclic amines) is 1. The molecule has 2 amide bonds. The number of rotatable bonds is 5. The maximum absolute atomic E-state index is 12.5. The molecule has 2 aliphatic rings. The van der Waals surface area contributed by atoms with Crippen molar-refractivity contribution in [3.05, 3.63) is 0 Å². The first kappa shape index (κ1) is 16.3. The number of nitrogens with zero attached hydrogens (tertiary/aromatic N) is 2. The van der Waals surface area contributed by atoms with Gasteiger partial charge in [0.2, 0.25) is 11.8 Å².